The van der Waals surface area contributed by atoms with Crippen molar-refractivity contribution in [1.82, 2.24) is 0 Å². The standard InChI is InChI=1S/C17H18O5/c1-4-5-12-6-8-14(16(10-12)19-2)21-11-13-7-9-15(22-13)17(18)20-3/h4-10H,11H2,1-3H3/b5-4+. The fourth-order valence-corrected chi connectivity index (χ4v) is 1.91. The lowest BCUT2D eigenvalue weighted by molar-refractivity contribution is 0.0561. The number of benzene rings is 1. The van der Waals surface area contributed by atoms with Gasteiger partial charge in [0.15, 0.2) is 11.5 Å². The molecular formula is C17H18O5. The summed E-state index contributed by atoms with van der Waals surface area (Å²) in [6.07, 6.45) is 3.92. The van der Waals surface area contributed by atoms with E-state index < -0.39 is 5.97 Å². The second kappa shape index (κ2) is 7.36. The number of carbonyl (C=O) groups is 1. The minimum absolute atomic E-state index is 0.150. The summed E-state index contributed by atoms with van der Waals surface area (Å²) >= 11 is 0. The Balaban J connectivity index is 2.07. The van der Waals surface area contributed by atoms with Gasteiger partial charge in [-0.1, -0.05) is 18.2 Å². The molecule has 0 aliphatic heterocycles. The normalized spacial score (nSPS) is 10.7. The Kier molecular flexibility index (Phi) is 5.25. The Morgan fingerprint density at radius 1 is 1.18 bits per heavy atom. The SMILES string of the molecule is C/C=C/c1ccc(OCc2ccc(C(=O)OC)o2)c(OC)c1. The maximum atomic E-state index is 11.3. The Morgan fingerprint density at radius 3 is 2.68 bits per heavy atom. The van der Waals surface area contributed by atoms with Gasteiger partial charge in [-0.05, 0) is 36.8 Å². The zero-order chi connectivity index (χ0) is 15.9. The van der Waals surface area contributed by atoms with Crippen molar-refractivity contribution in [2.75, 3.05) is 14.2 Å². The molecule has 116 valence electrons. The van der Waals surface area contributed by atoms with E-state index in [9.17, 15) is 4.79 Å². The first-order valence-corrected chi connectivity index (χ1v) is 6.78. The molecule has 2 rings (SSSR count). The molecule has 0 amide bonds. The topological polar surface area (TPSA) is 57.9 Å². The fourth-order valence-electron chi connectivity index (χ4n) is 1.91. The number of methoxy groups -OCH3 is 2. The summed E-state index contributed by atoms with van der Waals surface area (Å²) in [5.74, 6) is 1.40. The molecule has 0 saturated heterocycles. The average molecular weight is 302 g/mol. The zero-order valence-electron chi connectivity index (χ0n) is 12.8. The third-order valence-corrected chi connectivity index (χ3v) is 2.96. The molecule has 0 bridgehead atoms. The first-order valence-electron chi connectivity index (χ1n) is 6.78. The van der Waals surface area contributed by atoms with Crippen LogP contribution in [0.5, 0.6) is 11.5 Å². The summed E-state index contributed by atoms with van der Waals surface area (Å²) in [4.78, 5) is 11.3. The van der Waals surface area contributed by atoms with Gasteiger partial charge in [-0.2, -0.15) is 0 Å². The summed E-state index contributed by atoms with van der Waals surface area (Å²) < 4.78 is 20.9. The van der Waals surface area contributed by atoms with Crippen LogP contribution < -0.4 is 9.47 Å². The Hall–Kier alpha value is -2.69. The molecule has 1 heterocycles. The molecule has 0 spiro atoms. The molecule has 5 heteroatoms. The van der Waals surface area contributed by atoms with E-state index in [1.807, 2.05) is 37.3 Å². The van der Waals surface area contributed by atoms with Gasteiger partial charge in [-0.15, -0.1) is 0 Å². The Morgan fingerprint density at radius 2 is 2.00 bits per heavy atom. The number of ether oxygens (including phenoxy) is 3. The van der Waals surface area contributed by atoms with Crippen molar-refractivity contribution in [1.29, 1.82) is 0 Å². The van der Waals surface area contributed by atoms with Gasteiger partial charge in [0, 0.05) is 0 Å². The molecule has 0 unspecified atom stereocenters. The van der Waals surface area contributed by atoms with Crippen LogP contribution in [0.15, 0.2) is 40.8 Å². The lowest BCUT2D eigenvalue weighted by atomic mass is 10.2. The molecule has 22 heavy (non-hydrogen) atoms. The van der Waals surface area contributed by atoms with E-state index in [4.69, 9.17) is 13.9 Å². The van der Waals surface area contributed by atoms with Gasteiger partial charge >= 0.3 is 5.97 Å². The molecule has 0 aliphatic carbocycles. The van der Waals surface area contributed by atoms with Crippen LogP contribution in [0.3, 0.4) is 0 Å². The van der Waals surface area contributed by atoms with Crippen LogP contribution in [0, 0.1) is 0 Å². The molecule has 0 N–H and O–H groups in total. The van der Waals surface area contributed by atoms with Crippen LogP contribution >= 0.6 is 0 Å². The van der Waals surface area contributed by atoms with Crippen LogP contribution in [0.25, 0.3) is 6.08 Å². The van der Waals surface area contributed by atoms with Crippen molar-refractivity contribution in [2.45, 2.75) is 13.5 Å². The molecule has 0 aliphatic rings. The number of furan rings is 1. The number of hydrogen-bond acceptors (Lipinski definition) is 5. The number of rotatable bonds is 6. The van der Waals surface area contributed by atoms with Gasteiger partial charge in [0.1, 0.15) is 12.4 Å². The Labute approximate surface area is 129 Å². The van der Waals surface area contributed by atoms with E-state index in [1.165, 1.54) is 7.11 Å². The van der Waals surface area contributed by atoms with E-state index in [0.29, 0.717) is 17.3 Å². The summed E-state index contributed by atoms with van der Waals surface area (Å²) in [5, 5.41) is 0. The fraction of sp³-hybridized carbons (Fsp3) is 0.235. The van der Waals surface area contributed by atoms with Gasteiger partial charge in [0.25, 0.3) is 0 Å². The van der Waals surface area contributed by atoms with Crippen LogP contribution in [0.2, 0.25) is 0 Å². The highest BCUT2D eigenvalue weighted by Crippen LogP contribution is 2.29. The third-order valence-electron chi connectivity index (χ3n) is 2.96. The van der Waals surface area contributed by atoms with Gasteiger partial charge in [-0.25, -0.2) is 4.79 Å². The second-order valence-electron chi connectivity index (χ2n) is 4.46. The highest BCUT2D eigenvalue weighted by molar-refractivity contribution is 5.86. The zero-order valence-corrected chi connectivity index (χ0v) is 12.8. The number of esters is 1. The Bertz CT molecular complexity index is 669. The van der Waals surface area contributed by atoms with Gasteiger partial charge < -0.3 is 18.6 Å². The molecule has 5 nitrogen and oxygen atoms in total. The van der Waals surface area contributed by atoms with Crippen LogP contribution in [0.4, 0.5) is 0 Å². The monoisotopic (exact) mass is 302 g/mol. The minimum atomic E-state index is -0.514. The molecule has 0 radical (unpaired) electrons. The predicted octanol–water partition coefficient (Wildman–Crippen LogP) is 3.69. The number of hydrogen-bond donors (Lipinski definition) is 0. The lowest BCUT2D eigenvalue weighted by Gasteiger charge is -2.10. The van der Waals surface area contributed by atoms with Crippen LogP contribution in [-0.4, -0.2) is 20.2 Å². The van der Waals surface area contributed by atoms with E-state index in [-0.39, 0.29) is 12.4 Å². The van der Waals surface area contributed by atoms with Crippen molar-refractivity contribution in [3.63, 3.8) is 0 Å². The molecule has 1 aromatic heterocycles. The van der Waals surface area contributed by atoms with E-state index in [2.05, 4.69) is 4.74 Å². The van der Waals surface area contributed by atoms with Crippen LogP contribution in [-0.2, 0) is 11.3 Å². The highest BCUT2D eigenvalue weighted by Gasteiger charge is 2.12. The summed E-state index contributed by atoms with van der Waals surface area (Å²) in [6.45, 7) is 2.14. The largest absolute Gasteiger partial charge is 0.493 e. The molecule has 2 aromatic rings. The van der Waals surface area contributed by atoms with Gasteiger partial charge in [0.05, 0.1) is 14.2 Å². The maximum Gasteiger partial charge on any atom is 0.373 e. The molecule has 1 aromatic carbocycles. The lowest BCUT2D eigenvalue weighted by Crippen LogP contribution is -1.99. The average Bonchev–Trinajstić information content (AvgIpc) is 3.02. The van der Waals surface area contributed by atoms with Crippen molar-refractivity contribution in [3.05, 3.63) is 53.5 Å². The number of carbonyl (C=O) groups excluding carboxylic acids is 1. The van der Waals surface area contributed by atoms with Gasteiger partial charge in [0.2, 0.25) is 5.76 Å². The minimum Gasteiger partial charge on any atom is -0.493 e. The molecule has 0 fully saturated rings. The smallest absolute Gasteiger partial charge is 0.373 e. The van der Waals surface area contributed by atoms with E-state index >= 15 is 0 Å². The summed E-state index contributed by atoms with van der Waals surface area (Å²) in [7, 11) is 2.89. The summed E-state index contributed by atoms with van der Waals surface area (Å²) in [5.41, 5.74) is 1.03. The highest BCUT2D eigenvalue weighted by atomic mass is 16.5. The van der Waals surface area contributed by atoms with Crippen molar-refractivity contribution in [3.8, 4) is 11.5 Å². The van der Waals surface area contributed by atoms with Crippen LogP contribution in [0.1, 0.15) is 28.8 Å². The van der Waals surface area contributed by atoms with Gasteiger partial charge in [-0.3, -0.25) is 0 Å². The first kappa shape index (κ1) is 15.7. The summed E-state index contributed by atoms with van der Waals surface area (Å²) in [6, 6.07) is 8.87. The maximum absolute atomic E-state index is 11.3. The third kappa shape index (κ3) is 3.69. The van der Waals surface area contributed by atoms with Crippen molar-refractivity contribution >= 4 is 12.0 Å². The number of allylic oxidation sites excluding steroid dienone is 1. The molecule has 0 saturated carbocycles. The van der Waals surface area contributed by atoms with Crippen molar-refractivity contribution in [2.24, 2.45) is 0 Å². The predicted molar refractivity (Wildman–Crippen MR) is 82.1 cm³/mol. The second-order valence-corrected chi connectivity index (χ2v) is 4.46. The molecular weight excluding hydrogens is 284 g/mol. The van der Waals surface area contributed by atoms with E-state index in [1.54, 1.807) is 19.2 Å². The quantitative estimate of drug-likeness (QED) is 0.762. The first-order chi connectivity index (χ1) is 10.7. The van der Waals surface area contributed by atoms with Crippen molar-refractivity contribution < 1.29 is 23.4 Å². The van der Waals surface area contributed by atoms with E-state index in [0.717, 1.165) is 5.56 Å². The molecule has 0 atom stereocenters.